The normalized spacial score (nSPS) is 12.9. The molecule has 0 saturated heterocycles. The van der Waals surface area contributed by atoms with Gasteiger partial charge in [-0.05, 0) is 25.5 Å². The smallest absolute Gasteiger partial charge is 0.118 e. The van der Waals surface area contributed by atoms with Crippen LogP contribution in [0.2, 0.25) is 0 Å². The van der Waals surface area contributed by atoms with Gasteiger partial charge in [-0.15, -0.1) is 11.8 Å². The van der Waals surface area contributed by atoms with Gasteiger partial charge in [-0.25, -0.2) is 9.97 Å². The maximum atomic E-state index is 8.91. The minimum Gasteiger partial charge on any atom is -0.396 e. The Balaban J connectivity index is 2.31. The van der Waals surface area contributed by atoms with Gasteiger partial charge in [-0.2, -0.15) is 0 Å². The van der Waals surface area contributed by atoms with Crippen molar-refractivity contribution >= 4 is 22.8 Å². The minimum atomic E-state index is 0.216. The van der Waals surface area contributed by atoms with E-state index in [-0.39, 0.29) is 6.61 Å². The third-order valence-corrected chi connectivity index (χ3v) is 3.80. The molecule has 0 amide bonds. The zero-order chi connectivity index (χ0) is 12.3. The number of thioether (sulfide) groups is 1. The number of aryl methyl sites for hydroxylation is 1. The van der Waals surface area contributed by atoms with Crippen molar-refractivity contribution in [3.8, 4) is 0 Å². The van der Waals surface area contributed by atoms with E-state index in [0.29, 0.717) is 5.25 Å². The molecule has 1 aromatic heterocycles. The van der Waals surface area contributed by atoms with E-state index in [1.807, 2.05) is 31.2 Å². The van der Waals surface area contributed by atoms with Gasteiger partial charge in [-0.3, -0.25) is 0 Å². The number of rotatable bonds is 4. The Bertz CT molecular complexity index is 516. The van der Waals surface area contributed by atoms with Gasteiger partial charge in [-0.1, -0.05) is 19.1 Å². The van der Waals surface area contributed by atoms with Crippen molar-refractivity contribution in [1.82, 2.24) is 9.97 Å². The molecule has 17 heavy (non-hydrogen) atoms. The first-order valence-electron chi connectivity index (χ1n) is 5.71. The first-order valence-corrected chi connectivity index (χ1v) is 6.59. The maximum absolute atomic E-state index is 8.91. The van der Waals surface area contributed by atoms with Crippen LogP contribution in [0.15, 0.2) is 29.3 Å². The number of aliphatic hydroxyl groups is 1. The number of nitrogens with zero attached hydrogens (tertiary/aromatic N) is 2. The van der Waals surface area contributed by atoms with E-state index in [1.54, 1.807) is 11.8 Å². The van der Waals surface area contributed by atoms with Crippen LogP contribution in [-0.4, -0.2) is 26.9 Å². The van der Waals surface area contributed by atoms with Crippen LogP contribution < -0.4 is 0 Å². The van der Waals surface area contributed by atoms with E-state index >= 15 is 0 Å². The summed E-state index contributed by atoms with van der Waals surface area (Å²) in [5, 5.41) is 10.2. The molecule has 1 N–H and O–H groups in total. The molecule has 0 fully saturated rings. The summed E-state index contributed by atoms with van der Waals surface area (Å²) in [5.41, 5.74) is 2.82. The van der Waals surface area contributed by atoms with E-state index in [4.69, 9.17) is 5.11 Å². The summed E-state index contributed by atoms with van der Waals surface area (Å²) in [5.74, 6) is 0. The molecule has 1 unspecified atom stereocenters. The molecule has 2 aromatic rings. The average molecular weight is 248 g/mol. The summed E-state index contributed by atoms with van der Waals surface area (Å²) in [7, 11) is 0. The molecule has 1 atom stereocenters. The van der Waals surface area contributed by atoms with Crippen LogP contribution >= 0.6 is 11.8 Å². The molecule has 1 aromatic carbocycles. The molecule has 2 rings (SSSR count). The zero-order valence-electron chi connectivity index (χ0n) is 10.1. The van der Waals surface area contributed by atoms with Gasteiger partial charge in [0.15, 0.2) is 0 Å². The third-order valence-electron chi connectivity index (χ3n) is 2.55. The summed E-state index contributed by atoms with van der Waals surface area (Å²) >= 11 is 1.68. The van der Waals surface area contributed by atoms with E-state index in [9.17, 15) is 0 Å². The second kappa shape index (κ2) is 5.47. The summed E-state index contributed by atoms with van der Waals surface area (Å²) in [6.45, 7) is 4.29. The Labute approximate surface area is 105 Å². The Hall–Kier alpha value is -1.13. The van der Waals surface area contributed by atoms with Crippen molar-refractivity contribution in [2.75, 3.05) is 6.61 Å². The monoisotopic (exact) mass is 248 g/mol. The molecule has 0 spiro atoms. The van der Waals surface area contributed by atoms with Gasteiger partial charge >= 0.3 is 0 Å². The predicted molar refractivity (Wildman–Crippen MR) is 71.3 cm³/mol. The highest BCUT2D eigenvalue weighted by atomic mass is 32.2. The molecule has 0 aliphatic rings. The topological polar surface area (TPSA) is 46.0 Å². The number of aliphatic hydroxyl groups excluding tert-OH is 1. The van der Waals surface area contributed by atoms with E-state index in [0.717, 1.165) is 28.2 Å². The van der Waals surface area contributed by atoms with Crippen LogP contribution in [-0.2, 0) is 0 Å². The summed E-state index contributed by atoms with van der Waals surface area (Å²) in [4.78, 5) is 9.16. The van der Waals surface area contributed by atoms with Crippen LogP contribution in [0, 0.1) is 6.92 Å². The number of hydrogen-bond acceptors (Lipinski definition) is 4. The maximum Gasteiger partial charge on any atom is 0.118 e. The Morgan fingerprint density at radius 3 is 2.53 bits per heavy atom. The number of aromatic nitrogens is 2. The lowest BCUT2D eigenvalue weighted by molar-refractivity contribution is 0.289. The lowest BCUT2D eigenvalue weighted by Crippen LogP contribution is -2.02. The van der Waals surface area contributed by atoms with Gasteiger partial charge in [0, 0.05) is 11.9 Å². The SMILES string of the molecule is Cc1nc2ccccc2nc1SC(C)CCO. The predicted octanol–water partition coefficient (Wildman–Crippen LogP) is 2.80. The van der Waals surface area contributed by atoms with Gasteiger partial charge in [0.05, 0.1) is 16.7 Å². The fourth-order valence-corrected chi connectivity index (χ4v) is 2.59. The van der Waals surface area contributed by atoms with Crippen LogP contribution in [0.4, 0.5) is 0 Å². The number of fused-ring (bicyclic) bond motifs is 1. The van der Waals surface area contributed by atoms with Gasteiger partial charge in [0.1, 0.15) is 5.03 Å². The first kappa shape index (κ1) is 12.3. The highest BCUT2D eigenvalue weighted by Gasteiger charge is 2.09. The van der Waals surface area contributed by atoms with Crippen LogP contribution in [0.25, 0.3) is 11.0 Å². The highest BCUT2D eigenvalue weighted by Crippen LogP contribution is 2.26. The van der Waals surface area contributed by atoms with Gasteiger partial charge in [0.2, 0.25) is 0 Å². The second-order valence-corrected chi connectivity index (χ2v) is 5.47. The number of benzene rings is 1. The molecule has 3 nitrogen and oxygen atoms in total. The van der Waals surface area contributed by atoms with Crippen molar-refractivity contribution in [2.45, 2.75) is 30.5 Å². The zero-order valence-corrected chi connectivity index (χ0v) is 10.9. The standard InChI is InChI=1S/C13H16N2OS/c1-9(7-8-16)17-13-10(2)14-11-5-3-4-6-12(11)15-13/h3-6,9,16H,7-8H2,1-2H3. The van der Waals surface area contributed by atoms with E-state index in [2.05, 4.69) is 16.9 Å². The Morgan fingerprint density at radius 1 is 1.24 bits per heavy atom. The van der Waals surface area contributed by atoms with E-state index in [1.165, 1.54) is 0 Å². The Kier molecular flexibility index (Phi) is 3.97. The first-order chi connectivity index (χ1) is 8.20. The lowest BCUT2D eigenvalue weighted by Gasteiger charge is -2.11. The molecule has 4 heteroatoms. The molecular weight excluding hydrogens is 232 g/mol. The van der Waals surface area contributed by atoms with Crippen molar-refractivity contribution in [1.29, 1.82) is 0 Å². The van der Waals surface area contributed by atoms with Crippen molar-refractivity contribution < 1.29 is 5.11 Å². The second-order valence-electron chi connectivity index (χ2n) is 4.04. The largest absolute Gasteiger partial charge is 0.396 e. The Morgan fingerprint density at radius 2 is 1.88 bits per heavy atom. The third kappa shape index (κ3) is 2.96. The van der Waals surface area contributed by atoms with Crippen LogP contribution in [0.1, 0.15) is 19.0 Å². The fraction of sp³-hybridized carbons (Fsp3) is 0.385. The molecule has 0 saturated carbocycles. The minimum absolute atomic E-state index is 0.216. The average Bonchev–Trinajstić information content (AvgIpc) is 2.30. The summed E-state index contributed by atoms with van der Waals surface area (Å²) in [6.07, 6.45) is 0.776. The summed E-state index contributed by atoms with van der Waals surface area (Å²) in [6, 6.07) is 7.89. The summed E-state index contributed by atoms with van der Waals surface area (Å²) < 4.78 is 0. The van der Waals surface area contributed by atoms with Crippen molar-refractivity contribution in [3.05, 3.63) is 30.0 Å². The number of para-hydroxylation sites is 2. The van der Waals surface area contributed by atoms with Crippen LogP contribution in [0.3, 0.4) is 0 Å². The quantitative estimate of drug-likeness (QED) is 0.845. The lowest BCUT2D eigenvalue weighted by atomic mass is 10.3. The van der Waals surface area contributed by atoms with Crippen molar-refractivity contribution in [3.63, 3.8) is 0 Å². The molecule has 0 radical (unpaired) electrons. The van der Waals surface area contributed by atoms with E-state index < -0.39 is 0 Å². The molecule has 0 aliphatic heterocycles. The van der Waals surface area contributed by atoms with Gasteiger partial charge < -0.3 is 5.11 Å². The molecule has 90 valence electrons. The molecular formula is C13H16N2OS. The van der Waals surface area contributed by atoms with Crippen LogP contribution in [0.5, 0.6) is 0 Å². The van der Waals surface area contributed by atoms with Crippen molar-refractivity contribution in [2.24, 2.45) is 0 Å². The highest BCUT2D eigenvalue weighted by molar-refractivity contribution is 7.99. The molecule has 0 aliphatic carbocycles. The molecule has 1 heterocycles. The van der Waals surface area contributed by atoms with Gasteiger partial charge in [0.25, 0.3) is 0 Å². The fourth-order valence-electron chi connectivity index (χ4n) is 1.61. The number of hydrogen-bond donors (Lipinski definition) is 1. The molecule has 0 bridgehead atoms.